The zero-order chi connectivity index (χ0) is 11.4. The Labute approximate surface area is 97.4 Å². The van der Waals surface area contributed by atoms with E-state index in [4.69, 9.17) is 11.0 Å². The number of nitrogen functional groups attached to an aromatic ring is 1. The van der Waals surface area contributed by atoms with E-state index in [0.717, 1.165) is 5.56 Å². The molecule has 0 amide bonds. The lowest BCUT2D eigenvalue weighted by atomic mass is 10.2. The summed E-state index contributed by atoms with van der Waals surface area (Å²) >= 11 is 1.19. The Balaban J connectivity index is 2.08. The van der Waals surface area contributed by atoms with E-state index in [1.54, 1.807) is 0 Å². The molecule has 0 aliphatic carbocycles. The summed E-state index contributed by atoms with van der Waals surface area (Å²) in [5.74, 6) is 0.564. The van der Waals surface area contributed by atoms with Crippen LogP contribution < -0.4 is 11.1 Å². The van der Waals surface area contributed by atoms with Gasteiger partial charge in [0.2, 0.25) is 0 Å². The van der Waals surface area contributed by atoms with Gasteiger partial charge in [-0.25, -0.2) is 4.98 Å². The number of anilines is 2. The normalized spacial score (nSPS) is 9.69. The van der Waals surface area contributed by atoms with Gasteiger partial charge in [0.25, 0.3) is 0 Å². The number of nitriles is 1. The van der Waals surface area contributed by atoms with Crippen molar-refractivity contribution < 1.29 is 0 Å². The van der Waals surface area contributed by atoms with Crippen molar-refractivity contribution in [3.05, 3.63) is 40.8 Å². The lowest BCUT2D eigenvalue weighted by molar-refractivity contribution is 1.12. The highest BCUT2D eigenvalue weighted by Crippen LogP contribution is 2.23. The third kappa shape index (κ3) is 2.30. The lowest BCUT2D eigenvalue weighted by Gasteiger charge is -2.02. The zero-order valence-electron chi connectivity index (χ0n) is 8.47. The van der Waals surface area contributed by atoms with Gasteiger partial charge >= 0.3 is 0 Å². The van der Waals surface area contributed by atoms with Crippen LogP contribution in [0.25, 0.3) is 0 Å². The minimum atomic E-state index is 0.409. The SMILES string of the molecule is N#Cc1sc(N)nc1NCc1ccccc1. The second-order valence-corrected chi connectivity index (χ2v) is 4.21. The van der Waals surface area contributed by atoms with Crippen molar-refractivity contribution in [2.45, 2.75) is 6.54 Å². The van der Waals surface area contributed by atoms with Crippen molar-refractivity contribution in [3.63, 3.8) is 0 Å². The molecule has 80 valence electrons. The van der Waals surface area contributed by atoms with Gasteiger partial charge in [-0.05, 0) is 5.56 Å². The predicted octanol–water partition coefficient (Wildman–Crippen LogP) is 2.21. The fraction of sp³-hybridized carbons (Fsp3) is 0.0909. The van der Waals surface area contributed by atoms with E-state index in [-0.39, 0.29) is 0 Å². The first-order valence-electron chi connectivity index (χ1n) is 4.74. The van der Waals surface area contributed by atoms with Crippen LogP contribution in [-0.4, -0.2) is 4.98 Å². The highest BCUT2D eigenvalue weighted by Gasteiger charge is 2.07. The molecule has 1 aromatic heterocycles. The number of aromatic nitrogens is 1. The van der Waals surface area contributed by atoms with Crippen LogP contribution in [0, 0.1) is 11.3 Å². The fourth-order valence-corrected chi connectivity index (χ4v) is 1.92. The summed E-state index contributed by atoms with van der Waals surface area (Å²) in [5.41, 5.74) is 6.68. The molecule has 5 heteroatoms. The first kappa shape index (κ1) is 10.5. The van der Waals surface area contributed by atoms with Gasteiger partial charge in [-0.3, -0.25) is 0 Å². The number of hydrogen-bond acceptors (Lipinski definition) is 5. The van der Waals surface area contributed by atoms with Gasteiger partial charge in [0.15, 0.2) is 15.8 Å². The largest absolute Gasteiger partial charge is 0.375 e. The molecule has 0 fully saturated rings. The molecular weight excluding hydrogens is 220 g/mol. The van der Waals surface area contributed by atoms with Gasteiger partial charge in [-0.15, -0.1) is 0 Å². The van der Waals surface area contributed by atoms with Gasteiger partial charge in [0.1, 0.15) is 6.07 Å². The Morgan fingerprint density at radius 3 is 2.81 bits per heavy atom. The first-order valence-corrected chi connectivity index (χ1v) is 5.55. The summed E-state index contributed by atoms with van der Waals surface area (Å²) in [5, 5.41) is 12.4. The molecule has 3 N–H and O–H groups in total. The quantitative estimate of drug-likeness (QED) is 0.847. The van der Waals surface area contributed by atoms with Crippen LogP contribution in [0.4, 0.5) is 10.9 Å². The fourth-order valence-electron chi connectivity index (χ4n) is 1.31. The number of thiazole rings is 1. The van der Waals surface area contributed by atoms with Crippen molar-refractivity contribution in [1.29, 1.82) is 5.26 Å². The van der Waals surface area contributed by atoms with E-state index < -0.39 is 0 Å². The van der Waals surface area contributed by atoms with E-state index >= 15 is 0 Å². The highest BCUT2D eigenvalue weighted by atomic mass is 32.1. The van der Waals surface area contributed by atoms with Crippen molar-refractivity contribution in [2.24, 2.45) is 0 Å². The molecule has 0 spiro atoms. The van der Waals surface area contributed by atoms with Crippen LogP contribution in [-0.2, 0) is 6.54 Å². The molecule has 0 unspecified atom stereocenters. The van der Waals surface area contributed by atoms with Crippen molar-refractivity contribution in [1.82, 2.24) is 4.98 Å². The smallest absolute Gasteiger partial charge is 0.183 e. The van der Waals surface area contributed by atoms with Crippen molar-refractivity contribution in [3.8, 4) is 6.07 Å². The molecule has 4 nitrogen and oxygen atoms in total. The maximum atomic E-state index is 8.85. The monoisotopic (exact) mass is 230 g/mol. The van der Waals surface area contributed by atoms with Crippen LogP contribution in [0.3, 0.4) is 0 Å². The number of nitrogens with zero attached hydrogens (tertiary/aromatic N) is 2. The second-order valence-electron chi connectivity index (χ2n) is 3.18. The molecule has 0 saturated heterocycles. The van der Waals surface area contributed by atoms with Gasteiger partial charge in [0, 0.05) is 6.54 Å². The number of rotatable bonds is 3. The Hall–Kier alpha value is -2.06. The minimum Gasteiger partial charge on any atom is -0.375 e. The number of nitrogens with one attached hydrogen (secondary N) is 1. The molecule has 0 atom stereocenters. The zero-order valence-corrected chi connectivity index (χ0v) is 9.29. The third-order valence-corrected chi connectivity index (χ3v) is 2.84. The summed E-state index contributed by atoms with van der Waals surface area (Å²) in [6.07, 6.45) is 0. The van der Waals surface area contributed by atoms with Crippen LogP contribution in [0.5, 0.6) is 0 Å². The van der Waals surface area contributed by atoms with Crippen LogP contribution in [0.15, 0.2) is 30.3 Å². The molecule has 1 aromatic carbocycles. The molecular formula is C11H10N4S. The van der Waals surface area contributed by atoms with Crippen LogP contribution in [0.2, 0.25) is 0 Å². The van der Waals surface area contributed by atoms with Crippen LogP contribution >= 0.6 is 11.3 Å². The van der Waals surface area contributed by atoms with E-state index in [0.29, 0.717) is 22.4 Å². The maximum absolute atomic E-state index is 8.85. The molecule has 2 rings (SSSR count). The summed E-state index contributed by atoms with van der Waals surface area (Å²) < 4.78 is 0. The predicted molar refractivity (Wildman–Crippen MR) is 65.0 cm³/mol. The molecule has 0 aliphatic rings. The highest BCUT2D eigenvalue weighted by molar-refractivity contribution is 7.16. The molecule has 2 aromatic rings. The van der Waals surface area contributed by atoms with Crippen molar-refractivity contribution >= 4 is 22.3 Å². The average Bonchev–Trinajstić information content (AvgIpc) is 2.68. The molecule has 16 heavy (non-hydrogen) atoms. The number of nitrogens with two attached hydrogens (primary N) is 1. The summed E-state index contributed by atoms with van der Waals surface area (Å²) in [6.45, 7) is 0.638. The Kier molecular flexibility index (Phi) is 3.03. The topological polar surface area (TPSA) is 74.7 Å². The first-order chi connectivity index (χ1) is 7.79. The summed E-state index contributed by atoms with van der Waals surface area (Å²) in [6, 6.07) is 12.0. The maximum Gasteiger partial charge on any atom is 0.183 e. The molecule has 0 bridgehead atoms. The Morgan fingerprint density at radius 1 is 1.38 bits per heavy atom. The van der Waals surface area contributed by atoms with E-state index in [1.165, 1.54) is 11.3 Å². The van der Waals surface area contributed by atoms with Gasteiger partial charge in [-0.2, -0.15) is 5.26 Å². The molecule has 0 aliphatic heterocycles. The van der Waals surface area contributed by atoms with E-state index in [1.807, 2.05) is 30.3 Å². The van der Waals surface area contributed by atoms with Gasteiger partial charge < -0.3 is 11.1 Å². The lowest BCUT2D eigenvalue weighted by Crippen LogP contribution is -2.00. The standard InChI is InChI=1S/C11H10N4S/c12-6-9-10(15-11(13)16-9)14-7-8-4-2-1-3-5-8/h1-5,14H,7H2,(H2,13,15). The Bertz CT molecular complexity index is 513. The Morgan fingerprint density at radius 2 is 2.12 bits per heavy atom. The van der Waals surface area contributed by atoms with Crippen LogP contribution in [0.1, 0.15) is 10.4 Å². The molecule has 0 radical (unpaired) electrons. The summed E-state index contributed by atoms with van der Waals surface area (Å²) in [7, 11) is 0. The number of hydrogen-bond donors (Lipinski definition) is 2. The van der Waals surface area contributed by atoms with E-state index in [9.17, 15) is 0 Å². The average molecular weight is 230 g/mol. The van der Waals surface area contributed by atoms with Crippen molar-refractivity contribution in [2.75, 3.05) is 11.1 Å². The second kappa shape index (κ2) is 4.64. The molecule has 0 saturated carbocycles. The van der Waals surface area contributed by atoms with Gasteiger partial charge in [-0.1, -0.05) is 41.7 Å². The van der Waals surface area contributed by atoms with E-state index in [2.05, 4.69) is 16.4 Å². The number of benzene rings is 1. The summed E-state index contributed by atoms with van der Waals surface area (Å²) in [4.78, 5) is 4.58. The minimum absolute atomic E-state index is 0.409. The van der Waals surface area contributed by atoms with Gasteiger partial charge in [0.05, 0.1) is 0 Å². The molecule has 1 heterocycles. The third-order valence-electron chi connectivity index (χ3n) is 2.05.